The van der Waals surface area contributed by atoms with Crippen LogP contribution in [0.3, 0.4) is 0 Å². The molecular weight excluding hydrogens is 338 g/mol. The molecule has 2 aromatic heterocycles. The summed E-state index contributed by atoms with van der Waals surface area (Å²) in [7, 11) is 0. The lowest BCUT2D eigenvalue weighted by atomic mass is 10.2. The van der Waals surface area contributed by atoms with Gasteiger partial charge in [0.25, 0.3) is 0 Å². The predicted octanol–water partition coefficient (Wildman–Crippen LogP) is 3.06. The molecule has 0 saturated heterocycles. The van der Waals surface area contributed by atoms with Gasteiger partial charge in [0.1, 0.15) is 9.39 Å². The summed E-state index contributed by atoms with van der Waals surface area (Å²) in [5.41, 5.74) is 1.63. The molecule has 0 spiro atoms. The SMILES string of the molecule is CC(C)CNc1c(Cl)cnn2c(I)cnc12. The molecule has 0 fully saturated rings. The van der Waals surface area contributed by atoms with E-state index >= 15 is 0 Å². The van der Waals surface area contributed by atoms with E-state index in [0.717, 1.165) is 21.6 Å². The largest absolute Gasteiger partial charge is 0.380 e. The molecule has 0 saturated carbocycles. The Kier molecular flexibility index (Phi) is 3.53. The van der Waals surface area contributed by atoms with Crippen LogP contribution >= 0.6 is 34.2 Å². The van der Waals surface area contributed by atoms with Crippen molar-refractivity contribution in [3.8, 4) is 0 Å². The molecule has 2 rings (SSSR count). The second-order valence-corrected chi connectivity index (χ2v) is 5.47. The van der Waals surface area contributed by atoms with Crippen molar-refractivity contribution in [1.29, 1.82) is 0 Å². The predicted molar refractivity (Wildman–Crippen MR) is 74.0 cm³/mol. The number of nitrogens with zero attached hydrogens (tertiary/aromatic N) is 3. The van der Waals surface area contributed by atoms with Crippen molar-refractivity contribution in [1.82, 2.24) is 14.6 Å². The second kappa shape index (κ2) is 4.75. The molecule has 0 atom stereocenters. The minimum absolute atomic E-state index is 0.554. The highest BCUT2D eigenvalue weighted by Gasteiger charge is 2.11. The minimum Gasteiger partial charge on any atom is -0.380 e. The first-order valence-corrected chi connectivity index (χ1v) is 6.47. The zero-order chi connectivity index (χ0) is 11.7. The zero-order valence-corrected chi connectivity index (χ0v) is 12.0. The third-order valence-corrected chi connectivity index (χ3v) is 3.15. The number of hydrogen-bond acceptors (Lipinski definition) is 3. The Morgan fingerprint density at radius 3 is 2.94 bits per heavy atom. The van der Waals surface area contributed by atoms with Gasteiger partial charge in [-0.1, -0.05) is 25.4 Å². The number of aromatic nitrogens is 3. The smallest absolute Gasteiger partial charge is 0.179 e. The van der Waals surface area contributed by atoms with Crippen LogP contribution in [0.5, 0.6) is 0 Å². The molecule has 0 radical (unpaired) electrons. The van der Waals surface area contributed by atoms with Gasteiger partial charge in [-0.15, -0.1) is 0 Å². The number of imidazole rings is 1. The Balaban J connectivity index is 2.45. The van der Waals surface area contributed by atoms with Gasteiger partial charge in [-0.25, -0.2) is 9.50 Å². The van der Waals surface area contributed by atoms with Crippen molar-refractivity contribution < 1.29 is 0 Å². The molecule has 0 aliphatic carbocycles. The maximum atomic E-state index is 6.12. The third kappa shape index (κ3) is 2.24. The molecule has 0 aliphatic rings. The van der Waals surface area contributed by atoms with Crippen LogP contribution in [-0.2, 0) is 0 Å². The molecule has 0 unspecified atom stereocenters. The highest BCUT2D eigenvalue weighted by Crippen LogP contribution is 2.26. The Hall–Kier alpha value is -0.560. The first kappa shape index (κ1) is 11.9. The molecule has 2 heterocycles. The summed E-state index contributed by atoms with van der Waals surface area (Å²) in [5, 5.41) is 8.12. The first-order valence-electron chi connectivity index (χ1n) is 5.01. The molecule has 16 heavy (non-hydrogen) atoms. The lowest BCUT2D eigenvalue weighted by Crippen LogP contribution is -2.10. The molecule has 0 aliphatic heterocycles. The van der Waals surface area contributed by atoms with Crippen LogP contribution in [0.2, 0.25) is 5.02 Å². The fourth-order valence-corrected chi connectivity index (χ4v) is 2.04. The molecule has 0 bridgehead atoms. The summed E-state index contributed by atoms with van der Waals surface area (Å²) in [6, 6.07) is 0. The monoisotopic (exact) mass is 350 g/mol. The fraction of sp³-hybridized carbons (Fsp3) is 0.400. The Morgan fingerprint density at radius 1 is 1.50 bits per heavy atom. The molecule has 0 amide bonds. The fourth-order valence-electron chi connectivity index (χ4n) is 1.35. The normalized spacial score (nSPS) is 11.3. The van der Waals surface area contributed by atoms with Crippen LogP contribution in [0.15, 0.2) is 12.4 Å². The Labute approximate surface area is 113 Å². The van der Waals surface area contributed by atoms with Crippen LogP contribution in [0.4, 0.5) is 5.69 Å². The number of anilines is 1. The van der Waals surface area contributed by atoms with Gasteiger partial charge in [-0.3, -0.25) is 0 Å². The van der Waals surface area contributed by atoms with Crippen LogP contribution in [0.25, 0.3) is 5.65 Å². The summed E-state index contributed by atoms with van der Waals surface area (Å²) >= 11 is 8.31. The van der Waals surface area contributed by atoms with E-state index in [2.05, 4.69) is 51.8 Å². The van der Waals surface area contributed by atoms with Gasteiger partial charge in [0.05, 0.1) is 17.4 Å². The van der Waals surface area contributed by atoms with Crippen molar-refractivity contribution in [3.05, 3.63) is 21.1 Å². The molecule has 1 N–H and O–H groups in total. The van der Waals surface area contributed by atoms with Crippen LogP contribution in [0, 0.1) is 9.62 Å². The highest BCUT2D eigenvalue weighted by molar-refractivity contribution is 14.1. The van der Waals surface area contributed by atoms with E-state index in [1.807, 2.05) is 0 Å². The van der Waals surface area contributed by atoms with E-state index in [1.165, 1.54) is 0 Å². The average molecular weight is 351 g/mol. The summed E-state index contributed by atoms with van der Waals surface area (Å²) in [6.07, 6.45) is 3.42. The van der Waals surface area contributed by atoms with E-state index in [4.69, 9.17) is 11.6 Å². The van der Waals surface area contributed by atoms with Gasteiger partial charge < -0.3 is 5.32 Å². The van der Waals surface area contributed by atoms with Crippen molar-refractivity contribution in [3.63, 3.8) is 0 Å². The molecule has 0 aromatic carbocycles. The van der Waals surface area contributed by atoms with Crippen LogP contribution < -0.4 is 5.32 Å². The van der Waals surface area contributed by atoms with Crippen molar-refractivity contribution in [2.45, 2.75) is 13.8 Å². The first-order chi connectivity index (χ1) is 7.59. The number of hydrogen-bond donors (Lipinski definition) is 1. The zero-order valence-electron chi connectivity index (χ0n) is 9.04. The number of fused-ring (bicyclic) bond motifs is 1. The van der Waals surface area contributed by atoms with Crippen molar-refractivity contribution >= 4 is 45.5 Å². The summed E-state index contributed by atoms with van der Waals surface area (Å²) in [6.45, 7) is 5.16. The van der Waals surface area contributed by atoms with Gasteiger partial charge in [0, 0.05) is 6.54 Å². The molecule has 2 aromatic rings. The molecule has 4 nitrogen and oxygen atoms in total. The van der Waals surface area contributed by atoms with Gasteiger partial charge in [0.2, 0.25) is 0 Å². The van der Waals surface area contributed by atoms with Gasteiger partial charge >= 0.3 is 0 Å². The molecular formula is C10H12ClIN4. The Morgan fingerprint density at radius 2 is 2.25 bits per heavy atom. The topological polar surface area (TPSA) is 42.2 Å². The number of halogens is 2. The third-order valence-electron chi connectivity index (χ3n) is 2.13. The van der Waals surface area contributed by atoms with Crippen molar-refractivity contribution in [2.24, 2.45) is 5.92 Å². The highest BCUT2D eigenvalue weighted by atomic mass is 127. The summed E-state index contributed by atoms with van der Waals surface area (Å²) < 4.78 is 2.74. The van der Waals surface area contributed by atoms with Crippen molar-refractivity contribution in [2.75, 3.05) is 11.9 Å². The lowest BCUT2D eigenvalue weighted by molar-refractivity contribution is 0.688. The van der Waals surface area contributed by atoms with E-state index in [9.17, 15) is 0 Å². The van der Waals surface area contributed by atoms with E-state index < -0.39 is 0 Å². The second-order valence-electron chi connectivity index (χ2n) is 3.96. The standard InChI is InChI=1S/C10H12ClIN4/c1-6(2)3-13-9-7(11)4-15-16-8(12)5-14-10(9)16/h4-6,13H,3H2,1-2H3. The van der Waals surface area contributed by atoms with E-state index in [1.54, 1.807) is 16.9 Å². The summed E-state index contributed by atoms with van der Waals surface area (Å²) in [5.74, 6) is 0.554. The average Bonchev–Trinajstić information content (AvgIpc) is 2.59. The lowest BCUT2D eigenvalue weighted by Gasteiger charge is -2.11. The minimum atomic E-state index is 0.554. The van der Waals surface area contributed by atoms with E-state index in [-0.39, 0.29) is 0 Å². The maximum absolute atomic E-state index is 6.12. The van der Waals surface area contributed by atoms with Gasteiger partial charge in [-0.2, -0.15) is 5.10 Å². The number of rotatable bonds is 3. The quantitative estimate of drug-likeness (QED) is 0.865. The maximum Gasteiger partial charge on any atom is 0.179 e. The number of nitrogens with one attached hydrogen (secondary N) is 1. The Bertz CT molecular complexity index is 509. The van der Waals surface area contributed by atoms with E-state index in [0.29, 0.717) is 10.9 Å². The van der Waals surface area contributed by atoms with Crippen LogP contribution in [-0.4, -0.2) is 21.1 Å². The van der Waals surface area contributed by atoms with Gasteiger partial charge in [-0.05, 0) is 28.5 Å². The summed E-state index contributed by atoms with van der Waals surface area (Å²) in [4.78, 5) is 4.30. The van der Waals surface area contributed by atoms with Crippen LogP contribution in [0.1, 0.15) is 13.8 Å². The molecule has 6 heteroatoms. The van der Waals surface area contributed by atoms with Gasteiger partial charge in [0.15, 0.2) is 5.65 Å². The molecule has 86 valence electrons.